The van der Waals surface area contributed by atoms with Crippen molar-refractivity contribution in [3.63, 3.8) is 0 Å². The number of rotatable bonds is 2. The van der Waals surface area contributed by atoms with E-state index >= 15 is 0 Å². The van der Waals surface area contributed by atoms with Crippen molar-refractivity contribution in [3.05, 3.63) is 18.1 Å². The van der Waals surface area contributed by atoms with Crippen LogP contribution in [0.5, 0.6) is 0 Å². The van der Waals surface area contributed by atoms with Gasteiger partial charge >= 0.3 is 0 Å². The lowest BCUT2D eigenvalue weighted by Crippen LogP contribution is -2.22. The van der Waals surface area contributed by atoms with E-state index < -0.39 is 0 Å². The summed E-state index contributed by atoms with van der Waals surface area (Å²) < 4.78 is 0. The second kappa shape index (κ2) is 3.69. The Labute approximate surface area is 102 Å². The first-order valence-corrected chi connectivity index (χ1v) is 6.98. The summed E-state index contributed by atoms with van der Waals surface area (Å²) >= 11 is 0. The first kappa shape index (κ1) is 9.86. The van der Waals surface area contributed by atoms with Crippen molar-refractivity contribution in [2.24, 2.45) is 11.8 Å². The van der Waals surface area contributed by atoms with Crippen molar-refractivity contribution in [1.82, 2.24) is 9.97 Å². The minimum atomic E-state index is 0.664. The molecule has 90 valence electrons. The maximum atomic E-state index is 4.76. The van der Waals surface area contributed by atoms with Gasteiger partial charge < -0.3 is 4.90 Å². The Kier molecular flexibility index (Phi) is 2.14. The third kappa shape index (κ3) is 1.72. The number of anilines is 1. The van der Waals surface area contributed by atoms with Crippen LogP contribution in [0.2, 0.25) is 0 Å². The molecule has 2 unspecified atom stereocenters. The number of aromatic nitrogens is 2. The number of fused-ring (bicyclic) bond motifs is 1. The van der Waals surface area contributed by atoms with Gasteiger partial charge in [0.1, 0.15) is 11.6 Å². The molecule has 4 rings (SSSR count). The highest BCUT2D eigenvalue weighted by Gasteiger charge is 2.37. The summed E-state index contributed by atoms with van der Waals surface area (Å²) in [5, 5.41) is 0. The number of hydrogen-bond donors (Lipinski definition) is 0. The molecule has 0 bridgehead atoms. The zero-order valence-electron chi connectivity index (χ0n) is 10.2. The predicted molar refractivity (Wildman–Crippen MR) is 67.1 cm³/mol. The molecule has 17 heavy (non-hydrogen) atoms. The molecule has 2 saturated carbocycles. The average molecular weight is 229 g/mol. The van der Waals surface area contributed by atoms with Crippen LogP contribution in [0, 0.1) is 11.8 Å². The fourth-order valence-electron chi connectivity index (χ4n) is 3.50. The van der Waals surface area contributed by atoms with Crippen LogP contribution in [0.4, 0.5) is 5.82 Å². The molecule has 2 aliphatic carbocycles. The van der Waals surface area contributed by atoms with Crippen LogP contribution in [0.25, 0.3) is 0 Å². The van der Waals surface area contributed by atoms with Gasteiger partial charge in [-0.2, -0.15) is 0 Å². The Morgan fingerprint density at radius 1 is 1.06 bits per heavy atom. The molecule has 3 aliphatic rings. The second-order valence-corrected chi connectivity index (χ2v) is 5.90. The first-order chi connectivity index (χ1) is 8.40. The van der Waals surface area contributed by atoms with Crippen molar-refractivity contribution in [3.8, 4) is 0 Å². The minimum Gasteiger partial charge on any atom is -0.356 e. The normalized spacial score (nSPS) is 31.9. The highest BCUT2D eigenvalue weighted by molar-refractivity contribution is 5.40. The van der Waals surface area contributed by atoms with Gasteiger partial charge in [-0.1, -0.05) is 6.42 Å². The molecule has 2 atom stereocenters. The van der Waals surface area contributed by atoms with Crippen LogP contribution >= 0.6 is 0 Å². The summed E-state index contributed by atoms with van der Waals surface area (Å²) in [6.07, 6.45) is 8.83. The Bertz CT molecular complexity index is 415. The van der Waals surface area contributed by atoms with E-state index in [-0.39, 0.29) is 0 Å². The molecule has 0 spiro atoms. The Hall–Kier alpha value is -1.12. The SMILES string of the molecule is c1cc(N2CC3CCCC3C2)nc(C2CC2)n1. The fourth-order valence-corrected chi connectivity index (χ4v) is 3.50. The minimum absolute atomic E-state index is 0.664. The molecule has 1 aromatic rings. The van der Waals surface area contributed by atoms with Gasteiger partial charge in [0.2, 0.25) is 0 Å². The average Bonchev–Trinajstić information content (AvgIpc) is 2.98. The molecule has 1 saturated heterocycles. The molecule has 1 aromatic heterocycles. The van der Waals surface area contributed by atoms with Crippen LogP contribution in [-0.4, -0.2) is 23.1 Å². The van der Waals surface area contributed by atoms with E-state index in [0.717, 1.165) is 17.7 Å². The highest BCUT2D eigenvalue weighted by atomic mass is 15.2. The van der Waals surface area contributed by atoms with Crippen LogP contribution in [0.15, 0.2) is 12.3 Å². The van der Waals surface area contributed by atoms with Gasteiger partial charge in [-0.15, -0.1) is 0 Å². The lowest BCUT2D eigenvalue weighted by Gasteiger charge is -2.18. The quantitative estimate of drug-likeness (QED) is 0.780. The van der Waals surface area contributed by atoms with Gasteiger partial charge in [-0.05, 0) is 43.6 Å². The molecule has 0 amide bonds. The van der Waals surface area contributed by atoms with Gasteiger partial charge in [-0.25, -0.2) is 9.97 Å². The molecular weight excluding hydrogens is 210 g/mol. The highest BCUT2D eigenvalue weighted by Crippen LogP contribution is 2.41. The molecule has 0 N–H and O–H groups in total. The summed E-state index contributed by atoms with van der Waals surface area (Å²) in [5.74, 6) is 4.80. The monoisotopic (exact) mass is 229 g/mol. The smallest absolute Gasteiger partial charge is 0.133 e. The lowest BCUT2D eigenvalue weighted by molar-refractivity contribution is 0.494. The van der Waals surface area contributed by atoms with Crippen LogP contribution in [-0.2, 0) is 0 Å². The molecule has 0 aromatic carbocycles. The zero-order chi connectivity index (χ0) is 11.2. The van der Waals surface area contributed by atoms with Crippen molar-refractivity contribution < 1.29 is 0 Å². The maximum Gasteiger partial charge on any atom is 0.133 e. The molecule has 3 heteroatoms. The maximum absolute atomic E-state index is 4.76. The van der Waals surface area contributed by atoms with Gasteiger partial charge in [0.05, 0.1) is 0 Å². The van der Waals surface area contributed by atoms with E-state index in [4.69, 9.17) is 4.98 Å². The number of hydrogen-bond acceptors (Lipinski definition) is 3. The summed E-state index contributed by atoms with van der Waals surface area (Å²) in [5.41, 5.74) is 0. The molecular formula is C14H19N3. The van der Waals surface area contributed by atoms with Crippen LogP contribution in [0.1, 0.15) is 43.8 Å². The van der Waals surface area contributed by atoms with Gasteiger partial charge in [0.25, 0.3) is 0 Å². The lowest BCUT2D eigenvalue weighted by atomic mass is 10.0. The third-order valence-electron chi connectivity index (χ3n) is 4.65. The van der Waals surface area contributed by atoms with Crippen LogP contribution < -0.4 is 4.90 Å². The van der Waals surface area contributed by atoms with Crippen LogP contribution in [0.3, 0.4) is 0 Å². The first-order valence-electron chi connectivity index (χ1n) is 6.98. The summed E-state index contributed by atoms with van der Waals surface area (Å²) in [6.45, 7) is 2.46. The topological polar surface area (TPSA) is 29.0 Å². The Balaban J connectivity index is 1.56. The second-order valence-electron chi connectivity index (χ2n) is 5.90. The summed E-state index contributed by atoms with van der Waals surface area (Å²) in [7, 11) is 0. The van der Waals surface area contributed by atoms with Gasteiger partial charge in [0, 0.05) is 25.2 Å². The van der Waals surface area contributed by atoms with Gasteiger partial charge in [0.15, 0.2) is 0 Å². The molecule has 3 fully saturated rings. The number of nitrogens with zero attached hydrogens (tertiary/aromatic N) is 3. The summed E-state index contributed by atoms with van der Waals surface area (Å²) in [4.78, 5) is 11.7. The van der Waals surface area contributed by atoms with Crippen molar-refractivity contribution in [1.29, 1.82) is 0 Å². The van der Waals surface area contributed by atoms with E-state index in [1.54, 1.807) is 0 Å². The standard InChI is InChI=1S/C14H19N3/c1-2-11-8-17(9-12(11)3-1)13-6-7-15-14(16-13)10-4-5-10/h6-7,10-12H,1-5,8-9H2. The third-order valence-corrected chi connectivity index (χ3v) is 4.65. The van der Waals surface area contributed by atoms with E-state index in [1.807, 2.05) is 6.20 Å². The van der Waals surface area contributed by atoms with Crippen molar-refractivity contribution >= 4 is 5.82 Å². The summed E-state index contributed by atoms with van der Waals surface area (Å²) in [6, 6.07) is 2.09. The predicted octanol–water partition coefficient (Wildman–Crippen LogP) is 2.59. The van der Waals surface area contributed by atoms with Gasteiger partial charge in [-0.3, -0.25) is 0 Å². The van der Waals surface area contributed by atoms with E-state index in [1.165, 1.54) is 51.0 Å². The van der Waals surface area contributed by atoms with E-state index in [9.17, 15) is 0 Å². The molecule has 1 aliphatic heterocycles. The van der Waals surface area contributed by atoms with E-state index in [0.29, 0.717) is 5.92 Å². The molecule has 3 nitrogen and oxygen atoms in total. The Morgan fingerprint density at radius 3 is 2.53 bits per heavy atom. The zero-order valence-corrected chi connectivity index (χ0v) is 10.2. The molecule has 2 heterocycles. The fraction of sp³-hybridized carbons (Fsp3) is 0.714. The van der Waals surface area contributed by atoms with Crippen molar-refractivity contribution in [2.75, 3.05) is 18.0 Å². The Morgan fingerprint density at radius 2 is 1.82 bits per heavy atom. The van der Waals surface area contributed by atoms with E-state index in [2.05, 4.69) is 16.0 Å². The largest absolute Gasteiger partial charge is 0.356 e. The van der Waals surface area contributed by atoms with Crippen molar-refractivity contribution in [2.45, 2.75) is 38.0 Å². The molecule has 0 radical (unpaired) electrons.